The first kappa shape index (κ1) is 17.6. The summed E-state index contributed by atoms with van der Waals surface area (Å²) >= 11 is 0. The van der Waals surface area contributed by atoms with Crippen molar-refractivity contribution >= 4 is 16.8 Å². The molecule has 0 radical (unpaired) electrons. The molecule has 0 spiro atoms. The Labute approximate surface area is 156 Å². The van der Waals surface area contributed by atoms with E-state index in [-0.39, 0.29) is 0 Å². The predicted octanol–water partition coefficient (Wildman–Crippen LogP) is 4.03. The number of carbonyl (C=O) groups is 1. The summed E-state index contributed by atoms with van der Waals surface area (Å²) in [5.74, 6) is 0.331. The van der Waals surface area contributed by atoms with E-state index < -0.39 is 0 Å². The van der Waals surface area contributed by atoms with E-state index in [1.807, 2.05) is 0 Å². The minimum Gasteiger partial charge on any atom is -0.343 e. The molecular formula is C22H31N3O. The first-order chi connectivity index (χ1) is 12.8. The molecule has 0 aliphatic carbocycles. The number of fused-ring (bicyclic) bond motifs is 1. The fourth-order valence-electron chi connectivity index (χ4n) is 4.50. The van der Waals surface area contributed by atoms with Crippen molar-refractivity contribution < 1.29 is 4.79 Å². The first-order valence-electron chi connectivity index (χ1n) is 10.4. The number of benzene rings is 1. The topological polar surface area (TPSA) is 28.5 Å². The van der Waals surface area contributed by atoms with E-state index in [0.29, 0.717) is 12.3 Å². The van der Waals surface area contributed by atoms with Gasteiger partial charge in [0.1, 0.15) is 0 Å². The summed E-state index contributed by atoms with van der Waals surface area (Å²) in [6.45, 7) is 5.29. The van der Waals surface area contributed by atoms with Crippen molar-refractivity contribution in [3.63, 3.8) is 0 Å². The van der Waals surface area contributed by atoms with Gasteiger partial charge in [-0.2, -0.15) is 0 Å². The second-order valence-electron chi connectivity index (χ2n) is 7.90. The van der Waals surface area contributed by atoms with E-state index in [4.69, 9.17) is 0 Å². The van der Waals surface area contributed by atoms with Gasteiger partial charge in [0, 0.05) is 36.6 Å². The highest BCUT2D eigenvalue weighted by Gasteiger charge is 2.18. The summed E-state index contributed by atoms with van der Waals surface area (Å²) in [4.78, 5) is 17.2. The van der Waals surface area contributed by atoms with E-state index >= 15 is 0 Å². The zero-order valence-electron chi connectivity index (χ0n) is 15.8. The molecule has 0 saturated carbocycles. The van der Waals surface area contributed by atoms with Gasteiger partial charge in [-0.3, -0.25) is 9.69 Å². The molecule has 3 heterocycles. The smallest absolute Gasteiger partial charge is 0.222 e. The third kappa shape index (κ3) is 3.96. The van der Waals surface area contributed by atoms with Gasteiger partial charge < -0.3 is 9.47 Å². The summed E-state index contributed by atoms with van der Waals surface area (Å²) in [7, 11) is 0. The maximum absolute atomic E-state index is 12.5. The molecule has 0 unspecified atom stereocenters. The molecule has 2 fully saturated rings. The van der Waals surface area contributed by atoms with E-state index in [1.165, 1.54) is 68.1 Å². The average Bonchev–Trinajstić information content (AvgIpc) is 3.05. The Morgan fingerprint density at radius 2 is 1.58 bits per heavy atom. The maximum Gasteiger partial charge on any atom is 0.222 e. The summed E-state index contributed by atoms with van der Waals surface area (Å²) < 4.78 is 2.39. The summed E-state index contributed by atoms with van der Waals surface area (Å²) in [6, 6.07) is 8.67. The molecule has 4 rings (SSSR count). The Morgan fingerprint density at radius 3 is 2.35 bits per heavy atom. The zero-order valence-corrected chi connectivity index (χ0v) is 15.8. The number of aromatic nitrogens is 1. The molecule has 1 amide bonds. The zero-order chi connectivity index (χ0) is 17.8. The predicted molar refractivity (Wildman–Crippen MR) is 106 cm³/mol. The van der Waals surface area contributed by atoms with Gasteiger partial charge in [0.2, 0.25) is 5.91 Å². The van der Waals surface area contributed by atoms with Gasteiger partial charge in [-0.1, -0.05) is 24.6 Å². The molecule has 1 aromatic carbocycles. The number of carbonyl (C=O) groups excluding carboxylic acids is 1. The van der Waals surface area contributed by atoms with Gasteiger partial charge >= 0.3 is 0 Å². The largest absolute Gasteiger partial charge is 0.343 e. The summed E-state index contributed by atoms with van der Waals surface area (Å²) in [5.41, 5.74) is 2.63. The summed E-state index contributed by atoms with van der Waals surface area (Å²) in [5, 5.41) is 1.32. The van der Waals surface area contributed by atoms with Gasteiger partial charge in [0.15, 0.2) is 0 Å². The third-order valence-corrected chi connectivity index (χ3v) is 5.99. The van der Waals surface area contributed by atoms with Crippen molar-refractivity contribution in [2.45, 2.75) is 58.0 Å². The Hall–Kier alpha value is -1.81. The van der Waals surface area contributed by atoms with E-state index in [0.717, 1.165) is 26.2 Å². The van der Waals surface area contributed by atoms with Crippen LogP contribution in [0.5, 0.6) is 0 Å². The number of rotatable bonds is 5. The van der Waals surface area contributed by atoms with Crippen LogP contribution in [0.25, 0.3) is 10.9 Å². The second-order valence-corrected chi connectivity index (χ2v) is 7.90. The van der Waals surface area contributed by atoms with Crippen LogP contribution in [0.15, 0.2) is 30.5 Å². The standard InChI is InChI=1S/C22H31N3O/c26-22(24-15-7-2-8-16-24)12-11-19-17-25(18-23-13-5-1-6-14-23)21-10-4-3-9-20(19)21/h3-4,9-10,17H,1-2,5-8,11-16,18H2. The fourth-order valence-corrected chi connectivity index (χ4v) is 4.50. The molecule has 2 saturated heterocycles. The number of piperidine rings is 2. The van der Waals surface area contributed by atoms with Crippen molar-refractivity contribution in [3.8, 4) is 0 Å². The van der Waals surface area contributed by atoms with Crippen LogP contribution in [0.2, 0.25) is 0 Å². The molecule has 2 aliphatic heterocycles. The molecule has 140 valence electrons. The van der Waals surface area contributed by atoms with Gasteiger partial charge in [0.25, 0.3) is 0 Å². The molecule has 1 aromatic heterocycles. The van der Waals surface area contributed by atoms with Gasteiger partial charge in [-0.25, -0.2) is 0 Å². The van der Waals surface area contributed by atoms with Crippen molar-refractivity contribution in [2.24, 2.45) is 0 Å². The molecule has 0 atom stereocenters. The molecule has 4 heteroatoms. The Kier molecular flexibility index (Phi) is 5.59. The Bertz CT molecular complexity index is 739. The second kappa shape index (κ2) is 8.26. The third-order valence-electron chi connectivity index (χ3n) is 5.99. The lowest BCUT2D eigenvalue weighted by Crippen LogP contribution is -2.35. The normalized spacial score (nSPS) is 19.2. The Balaban J connectivity index is 1.47. The lowest BCUT2D eigenvalue weighted by Gasteiger charge is -2.27. The highest BCUT2D eigenvalue weighted by Crippen LogP contribution is 2.24. The lowest BCUT2D eigenvalue weighted by atomic mass is 10.1. The first-order valence-corrected chi connectivity index (χ1v) is 10.4. The van der Waals surface area contributed by atoms with E-state index in [2.05, 4.69) is 44.8 Å². The number of hydrogen-bond donors (Lipinski definition) is 0. The van der Waals surface area contributed by atoms with Gasteiger partial charge in [0.05, 0.1) is 6.67 Å². The number of hydrogen-bond acceptors (Lipinski definition) is 2. The van der Waals surface area contributed by atoms with Crippen molar-refractivity contribution in [1.82, 2.24) is 14.4 Å². The fraction of sp³-hybridized carbons (Fsp3) is 0.591. The maximum atomic E-state index is 12.5. The SMILES string of the molecule is O=C(CCc1cn(CN2CCCCC2)c2ccccc12)N1CCCCC1. The Morgan fingerprint density at radius 1 is 0.885 bits per heavy atom. The molecule has 4 nitrogen and oxygen atoms in total. The number of amides is 1. The number of nitrogens with zero attached hydrogens (tertiary/aromatic N) is 3. The van der Waals surface area contributed by atoms with Crippen molar-refractivity contribution in [3.05, 3.63) is 36.0 Å². The molecule has 0 N–H and O–H groups in total. The van der Waals surface area contributed by atoms with E-state index in [1.54, 1.807) is 0 Å². The van der Waals surface area contributed by atoms with Crippen LogP contribution >= 0.6 is 0 Å². The van der Waals surface area contributed by atoms with Crippen LogP contribution in [0.3, 0.4) is 0 Å². The quantitative estimate of drug-likeness (QED) is 0.812. The van der Waals surface area contributed by atoms with Gasteiger partial charge in [-0.15, -0.1) is 0 Å². The van der Waals surface area contributed by atoms with E-state index in [9.17, 15) is 4.79 Å². The molecule has 26 heavy (non-hydrogen) atoms. The lowest BCUT2D eigenvalue weighted by molar-refractivity contribution is -0.132. The van der Waals surface area contributed by atoms with Crippen molar-refractivity contribution in [2.75, 3.05) is 26.2 Å². The number of aryl methyl sites for hydroxylation is 1. The highest BCUT2D eigenvalue weighted by molar-refractivity contribution is 5.85. The van der Waals surface area contributed by atoms with Crippen LogP contribution < -0.4 is 0 Å². The monoisotopic (exact) mass is 353 g/mol. The summed E-state index contributed by atoms with van der Waals surface area (Å²) in [6.07, 6.45) is 11.4. The minimum atomic E-state index is 0.331. The van der Waals surface area contributed by atoms with Crippen LogP contribution in [-0.4, -0.2) is 46.5 Å². The number of likely N-dealkylation sites (tertiary alicyclic amines) is 2. The average molecular weight is 354 g/mol. The van der Waals surface area contributed by atoms with Crippen LogP contribution in [0, 0.1) is 0 Å². The molecule has 2 aliphatic rings. The van der Waals surface area contributed by atoms with Gasteiger partial charge in [-0.05, 0) is 63.2 Å². The van der Waals surface area contributed by atoms with Crippen molar-refractivity contribution in [1.29, 1.82) is 0 Å². The minimum absolute atomic E-state index is 0.331. The molecular weight excluding hydrogens is 322 g/mol. The van der Waals surface area contributed by atoms with Crippen LogP contribution in [0.1, 0.15) is 50.5 Å². The number of para-hydroxylation sites is 1. The van der Waals surface area contributed by atoms with Crippen LogP contribution in [-0.2, 0) is 17.9 Å². The van der Waals surface area contributed by atoms with Crippen LogP contribution in [0.4, 0.5) is 0 Å². The highest BCUT2D eigenvalue weighted by atomic mass is 16.2. The molecule has 0 bridgehead atoms. The molecule has 2 aromatic rings.